The standard InChI is InChI=1S/C10H10F2O3/c1-10(15,9(13)14)5-6-4-7(11)2-3-8(6)12/h2-4,15H,5H2,1H3,(H,13,14). The van der Waals surface area contributed by atoms with Gasteiger partial charge in [-0.3, -0.25) is 0 Å². The summed E-state index contributed by atoms with van der Waals surface area (Å²) in [6, 6.07) is 2.68. The lowest BCUT2D eigenvalue weighted by molar-refractivity contribution is -0.156. The Bertz CT molecular complexity index is 388. The Hall–Kier alpha value is -1.49. The molecule has 0 heterocycles. The maximum atomic E-state index is 13.1. The fourth-order valence-electron chi connectivity index (χ4n) is 1.13. The van der Waals surface area contributed by atoms with Gasteiger partial charge in [-0.25, -0.2) is 13.6 Å². The smallest absolute Gasteiger partial charge is 0.335 e. The lowest BCUT2D eigenvalue weighted by Gasteiger charge is -2.17. The first kappa shape index (κ1) is 11.6. The number of carboxylic acid groups (broad SMARTS) is 1. The minimum Gasteiger partial charge on any atom is -0.479 e. The first-order valence-electron chi connectivity index (χ1n) is 4.22. The highest BCUT2D eigenvalue weighted by Gasteiger charge is 2.31. The molecule has 0 aliphatic rings. The molecule has 0 aromatic heterocycles. The van der Waals surface area contributed by atoms with Crippen LogP contribution in [0.15, 0.2) is 18.2 Å². The van der Waals surface area contributed by atoms with Gasteiger partial charge < -0.3 is 10.2 Å². The van der Waals surface area contributed by atoms with Gasteiger partial charge in [0.2, 0.25) is 0 Å². The number of rotatable bonds is 3. The van der Waals surface area contributed by atoms with Crippen molar-refractivity contribution in [2.24, 2.45) is 0 Å². The Morgan fingerprint density at radius 3 is 2.60 bits per heavy atom. The number of carbonyl (C=O) groups is 1. The van der Waals surface area contributed by atoms with Gasteiger partial charge in [-0.15, -0.1) is 0 Å². The van der Waals surface area contributed by atoms with Crippen LogP contribution in [0.3, 0.4) is 0 Å². The van der Waals surface area contributed by atoms with Crippen LogP contribution in [0.2, 0.25) is 0 Å². The molecule has 1 atom stereocenters. The zero-order valence-electron chi connectivity index (χ0n) is 8.00. The van der Waals surface area contributed by atoms with Gasteiger partial charge in [0.15, 0.2) is 5.60 Å². The van der Waals surface area contributed by atoms with Crippen molar-refractivity contribution in [1.82, 2.24) is 0 Å². The fourth-order valence-corrected chi connectivity index (χ4v) is 1.13. The highest BCUT2D eigenvalue weighted by atomic mass is 19.1. The third kappa shape index (κ3) is 2.73. The van der Waals surface area contributed by atoms with Crippen molar-refractivity contribution in [2.45, 2.75) is 18.9 Å². The van der Waals surface area contributed by atoms with Crippen molar-refractivity contribution in [3.05, 3.63) is 35.4 Å². The van der Waals surface area contributed by atoms with Crippen LogP contribution in [0.4, 0.5) is 8.78 Å². The highest BCUT2D eigenvalue weighted by molar-refractivity contribution is 5.76. The summed E-state index contributed by atoms with van der Waals surface area (Å²) in [4.78, 5) is 10.6. The second kappa shape index (κ2) is 3.94. The zero-order chi connectivity index (χ0) is 11.6. The monoisotopic (exact) mass is 216 g/mol. The number of benzene rings is 1. The number of aliphatic hydroxyl groups is 1. The summed E-state index contributed by atoms with van der Waals surface area (Å²) < 4.78 is 25.8. The van der Waals surface area contributed by atoms with Crippen molar-refractivity contribution in [2.75, 3.05) is 0 Å². The van der Waals surface area contributed by atoms with Crippen LogP contribution in [0.1, 0.15) is 12.5 Å². The van der Waals surface area contributed by atoms with E-state index in [0.29, 0.717) is 0 Å². The van der Waals surface area contributed by atoms with Crippen molar-refractivity contribution in [3.8, 4) is 0 Å². The Morgan fingerprint density at radius 2 is 2.07 bits per heavy atom. The quantitative estimate of drug-likeness (QED) is 0.801. The van der Waals surface area contributed by atoms with Crippen LogP contribution in [-0.4, -0.2) is 21.8 Å². The minimum absolute atomic E-state index is 0.164. The highest BCUT2D eigenvalue weighted by Crippen LogP contribution is 2.17. The summed E-state index contributed by atoms with van der Waals surface area (Å²) in [6.07, 6.45) is -0.480. The average Bonchev–Trinajstić information content (AvgIpc) is 2.10. The summed E-state index contributed by atoms with van der Waals surface area (Å²) in [5.41, 5.74) is -2.27. The molecule has 0 bridgehead atoms. The number of aliphatic carboxylic acids is 1. The lowest BCUT2D eigenvalue weighted by atomic mass is 9.96. The van der Waals surface area contributed by atoms with Gasteiger partial charge in [-0.1, -0.05) is 0 Å². The molecule has 82 valence electrons. The van der Waals surface area contributed by atoms with E-state index >= 15 is 0 Å². The van der Waals surface area contributed by atoms with Crippen LogP contribution in [0.5, 0.6) is 0 Å². The van der Waals surface area contributed by atoms with Gasteiger partial charge in [0.25, 0.3) is 0 Å². The molecule has 5 heteroatoms. The molecule has 0 saturated carbocycles. The van der Waals surface area contributed by atoms with Crippen molar-refractivity contribution >= 4 is 5.97 Å². The molecule has 1 aromatic rings. The second-order valence-electron chi connectivity index (χ2n) is 3.49. The molecule has 3 nitrogen and oxygen atoms in total. The van der Waals surface area contributed by atoms with E-state index in [4.69, 9.17) is 5.11 Å². The number of halogens is 2. The maximum absolute atomic E-state index is 13.1. The van der Waals surface area contributed by atoms with Gasteiger partial charge in [0.1, 0.15) is 11.6 Å². The van der Waals surface area contributed by atoms with E-state index in [-0.39, 0.29) is 5.56 Å². The molecular weight excluding hydrogens is 206 g/mol. The lowest BCUT2D eigenvalue weighted by Crippen LogP contribution is -2.37. The van der Waals surface area contributed by atoms with Crippen molar-refractivity contribution in [1.29, 1.82) is 0 Å². The normalized spacial score (nSPS) is 14.7. The van der Waals surface area contributed by atoms with E-state index in [1.165, 1.54) is 0 Å². The largest absolute Gasteiger partial charge is 0.479 e. The van der Waals surface area contributed by atoms with Gasteiger partial charge >= 0.3 is 5.97 Å². The van der Waals surface area contributed by atoms with Gasteiger partial charge in [0.05, 0.1) is 0 Å². The van der Waals surface area contributed by atoms with E-state index in [0.717, 1.165) is 25.1 Å². The van der Waals surface area contributed by atoms with Crippen LogP contribution in [-0.2, 0) is 11.2 Å². The summed E-state index contributed by atoms with van der Waals surface area (Å²) >= 11 is 0. The Labute approximate surface area is 85.0 Å². The second-order valence-corrected chi connectivity index (χ2v) is 3.49. The van der Waals surface area contributed by atoms with E-state index in [1.807, 2.05) is 0 Å². The average molecular weight is 216 g/mol. The zero-order valence-corrected chi connectivity index (χ0v) is 8.00. The molecule has 1 aromatic carbocycles. The molecule has 0 spiro atoms. The van der Waals surface area contributed by atoms with Gasteiger partial charge in [-0.2, -0.15) is 0 Å². The molecule has 0 saturated heterocycles. The molecule has 15 heavy (non-hydrogen) atoms. The third-order valence-electron chi connectivity index (χ3n) is 2.00. The van der Waals surface area contributed by atoms with Gasteiger partial charge in [0, 0.05) is 6.42 Å². The molecule has 0 fully saturated rings. The molecule has 1 unspecified atom stereocenters. The van der Waals surface area contributed by atoms with Crippen LogP contribution >= 0.6 is 0 Å². The van der Waals surface area contributed by atoms with Crippen LogP contribution in [0.25, 0.3) is 0 Å². The molecule has 2 N–H and O–H groups in total. The molecule has 0 radical (unpaired) electrons. The Morgan fingerprint density at radius 1 is 1.47 bits per heavy atom. The van der Waals surface area contributed by atoms with E-state index < -0.39 is 29.6 Å². The van der Waals surface area contributed by atoms with E-state index in [9.17, 15) is 18.7 Å². The summed E-state index contributed by atoms with van der Waals surface area (Å²) in [7, 11) is 0. The number of hydrogen-bond donors (Lipinski definition) is 2. The van der Waals surface area contributed by atoms with E-state index in [1.54, 1.807) is 0 Å². The van der Waals surface area contributed by atoms with E-state index in [2.05, 4.69) is 0 Å². The minimum atomic E-state index is -2.10. The number of carboxylic acids is 1. The first-order valence-corrected chi connectivity index (χ1v) is 4.22. The number of hydrogen-bond acceptors (Lipinski definition) is 2. The molecule has 0 aliphatic carbocycles. The summed E-state index contributed by atoms with van der Waals surface area (Å²) in [6.45, 7) is 1.03. The third-order valence-corrected chi connectivity index (χ3v) is 2.00. The Balaban J connectivity index is 2.99. The molecule has 1 rings (SSSR count). The van der Waals surface area contributed by atoms with Crippen molar-refractivity contribution in [3.63, 3.8) is 0 Å². The van der Waals surface area contributed by atoms with Crippen molar-refractivity contribution < 1.29 is 23.8 Å². The predicted octanol–water partition coefficient (Wildman–Crippen LogP) is 1.34. The molecule has 0 amide bonds. The van der Waals surface area contributed by atoms with Crippen LogP contribution < -0.4 is 0 Å². The topological polar surface area (TPSA) is 57.5 Å². The Kier molecular flexibility index (Phi) is 3.04. The van der Waals surface area contributed by atoms with Crippen LogP contribution in [0, 0.1) is 11.6 Å². The predicted molar refractivity (Wildman–Crippen MR) is 48.3 cm³/mol. The molecule has 0 aliphatic heterocycles. The fraction of sp³-hybridized carbons (Fsp3) is 0.300. The first-order chi connectivity index (χ1) is 6.83. The molecular formula is C10H10F2O3. The SMILES string of the molecule is CC(O)(Cc1cc(F)ccc1F)C(=O)O. The summed E-state index contributed by atoms with van der Waals surface area (Å²) in [5, 5.41) is 18.0. The maximum Gasteiger partial charge on any atom is 0.335 e. The van der Waals surface area contributed by atoms with Gasteiger partial charge in [-0.05, 0) is 30.7 Å². The summed E-state index contributed by atoms with van der Waals surface area (Å²) in [5.74, 6) is -2.89.